The van der Waals surface area contributed by atoms with E-state index in [2.05, 4.69) is 4.74 Å². The zero-order valence-corrected chi connectivity index (χ0v) is 6.60. The molecule has 2 atom stereocenters. The van der Waals surface area contributed by atoms with Gasteiger partial charge in [0.15, 0.2) is 6.10 Å². The summed E-state index contributed by atoms with van der Waals surface area (Å²) in [6.07, 6.45) is -1.71. The second-order valence-corrected chi connectivity index (χ2v) is 2.86. The number of ether oxygens (including phenoxy) is 1. The molecule has 0 aromatic carbocycles. The fraction of sp³-hybridized carbons (Fsp3) is 0.625. The van der Waals surface area contributed by atoms with Gasteiger partial charge in [-0.2, -0.15) is 13.2 Å². The molecule has 1 aliphatic heterocycles. The van der Waals surface area contributed by atoms with Crippen molar-refractivity contribution in [1.82, 2.24) is 0 Å². The van der Waals surface area contributed by atoms with Crippen molar-refractivity contribution < 1.29 is 22.7 Å². The maximum atomic E-state index is 11.9. The molecule has 1 saturated heterocycles. The molecule has 13 heavy (non-hydrogen) atoms. The van der Waals surface area contributed by atoms with Crippen LogP contribution in [0.3, 0.4) is 0 Å². The van der Waals surface area contributed by atoms with E-state index in [4.69, 9.17) is 6.42 Å². The van der Waals surface area contributed by atoms with Crippen LogP contribution in [-0.4, -0.2) is 18.2 Å². The van der Waals surface area contributed by atoms with Gasteiger partial charge in [-0.3, -0.25) is 4.79 Å². The monoisotopic (exact) mass is 192 g/mol. The van der Waals surface area contributed by atoms with Gasteiger partial charge in [-0.15, -0.1) is 6.42 Å². The Morgan fingerprint density at radius 3 is 2.69 bits per heavy atom. The van der Waals surface area contributed by atoms with E-state index in [1.54, 1.807) is 0 Å². The summed E-state index contributed by atoms with van der Waals surface area (Å²) in [4.78, 5) is 10.6. The third-order valence-corrected chi connectivity index (χ3v) is 1.77. The maximum Gasteiger partial charge on any atom is 0.389 e. The third kappa shape index (κ3) is 2.65. The molecule has 0 aliphatic carbocycles. The van der Waals surface area contributed by atoms with E-state index in [1.165, 1.54) is 0 Å². The fourth-order valence-electron chi connectivity index (χ4n) is 1.25. The molecule has 0 saturated carbocycles. The molecule has 1 heterocycles. The van der Waals surface area contributed by atoms with Crippen molar-refractivity contribution in [2.75, 3.05) is 0 Å². The molecule has 0 bridgehead atoms. The Kier molecular flexibility index (Phi) is 2.50. The summed E-state index contributed by atoms with van der Waals surface area (Å²) in [5.41, 5.74) is 0. The lowest BCUT2D eigenvalue weighted by Crippen LogP contribution is -2.21. The first-order chi connectivity index (χ1) is 5.92. The maximum absolute atomic E-state index is 11.9. The van der Waals surface area contributed by atoms with Gasteiger partial charge in [-0.25, -0.2) is 0 Å². The SMILES string of the molecule is C#CC1OC(=O)CC1CC(F)(F)F. The predicted octanol–water partition coefficient (Wildman–Crippen LogP) is 1.50. The molecule has 0 aromatic heterocycles. The first-order valence-corrected chi connectivity index (χ1v) is 3.65. The van der Waals surface area contributed by atoms with Crippen molar-refractivity contribution in [2.45, 2.75) is 25.1 Å². The van der Waals surface area contributed by atoms with Crippen molar-refractivity contribution in [1.29, 1.82) is 0 Å². The van der Waals surface area contributed by atoms with Gasteiger partial charge in [0.1, 0.15) is 0 Å². The lowest BCUT2D eigenvalue weighted by Gasteiger charge is -2.13. The molecule has 1 rings (SSSR count). The molecule has 0 amide bonds. The normalized spacial score (nSPS) is 28.3. The van der Waals surface area contributed by atoms with Gasteiger partial charge >= 0.3 is 12.1 Å². The highest BCUT2D eigenvalue weighted by Crippen LogP contribution is 2.33. The number of carbonyl (C=O) groups is 1. The van der Waals surface area contributed by atoms with Crippen LogP contribution in [0.15, 0.2) is 0 Å². The predicted molar refractivity (Wildman–Crippen MR) is 37.5 cm³/mol. The molecule has 1 aliphatic rings. The molecule has 72 valence electrons. The largest absolute Gasteiger partial charge is 0.449 e. The van der Waals surface area contributed by atoms with Crippen LogP contribution in [0, 0.1) is 18.3 Å². The summed E-state index contributed by atoms with van der Waals surface area (Å²) in [5.74, 6) is 0.450. The topological polar surface area (TPSA) is 26.3 Å². The molecule has 0 radical (unpaired) electrons. The molecular formula is C8H7F3O2. The smallest absolute Gasteiger partial charge is 0.389 e. The van der Waals surface area contributed by atoms with Gasteiger partial charge in [0.2, 0.25) is 0 Å². The van der Waals surface area contributed by atoms with Gasteiger partial charge in [0.05, 0.1) is 12.8 Å². The average Bonchev–Trinajstić information content (AvgIpc) is 2.27. The van der Waals surface area contributed by atoms with Gasteiger partial charge in [-0.05, 0) is 0 Å². The second-order valence-electron chi connectivity index (χ2n) is 2.86. The number of halogens is 3. The number of carbonyl (C=O) groups excluding carboxylic acids is 1. The lowest BCUT2D eigenvalue weighted by molar-refractivity contribution is -0.147. The van der Waals surface area contributed by atoms with Gasteiger partial charge in [0.25, 0.3) is 0 Å². The summed E-state index contributed by atoms with van der Waals surface area (Å²) in [6, 6.07) is 0. The Balaban J connectivity index is 2.60. The minimum absolute atomic E-state index is 0.242. The number of cyclic esters (lactones) is 1. The Hall–Kier alpha value is -1.18. The molecule has 2 nitrogen and oxygen atoms in total. The number of alkyl halides is 3. The quantitative estimate of drug-likeness (QED) is 0.465. The zero-order chi connectivity index (χ0) is 10.1. The van der Waals surface area contributed by atoms with Crippen LogP contribution in [0.5, 0.6) is 0 Å². The highest BCUT2D eigenvalue weighted by atomic mass is 19.4. The summed E-state index contributed by atoms with van der Waals surface area (Å²) < 4.78 is 40.2. The van der Waals surface area contributed by atoms with E-state index >= 15 is 0 Å². The van der Waals surface area contributed by atoms with Crippen LogP contribution in [0.1, 0.15) is 12.8 Å². The van der Waals surface area contributed by atoms with Crippen molar-refractivity contribution in [3.63, 3.8) is 0 Å². The molecule has 1 fully saturated rings. The van der Waals surface area contributed by atoms with E-state index in [9.17, 15) is 18.0 Å². The molecule has 0 N–H and O–H groups in total. The summed E-state index contributed by atoms with van der Waals surface area (Å²) in [7, 11) is 0. The van der Waals surface area contributed by atoms with Crippen LogP contribution in [0.25, 0.3) is 0 Å². The van der Waals surface area contributed by atoms with E-state index in [0.29, 0.717) is 0 Å². The lowest BCUT2D eigenvalue weighted by atomic mass is 9.98. The highest BCUT2D eigenvalue weighted by Gasteiger charge is 2.41. The first kappa shape index (κ1) is 9.90. The van der Waals surface area contributed by atoms with Crippen LogP contribution < -0.4 is 0 Å². The number of hydrogen-bond acceptors (Lipinski definition) is 2. The van der Waals surface area contributed by atoms with Crippen LogP contribution in [0.2, 0.25) is 0 Å². The van der Waals surface area contributed by atoms with E-state index in [1.807, 2.05) is 5.92 Å². The van der Waals surface area contributed by atoms with Crippen molar-refractivity contribution in [3.05, 3.63) is 0 Å². The molecule has 2 unspecified atom stereocenters. The van der Waals surface area contributed by atoms with Crippen molar-refractivity contribution in [3.8, 4) is 12.3 Å². The molecular weight excluding hydrogens is 185 g/mol. The van der Waals surface area contributed by atoms with E-state index in [-0.39, 0.29) is 6.42 Å². The summed E-state index contributed by atoms with van der Waals surface area (Å²) in [5, 5.41) is 0. The summed E-state index contributed by atoms with van der Waals surface area (Å²) >= 11 is 0. The van der Waals surface area contributed by atoms with Crippen molar-refractivity contribution in [2.24, 2.45) is 5.92 Å². The number of esters is 1. The Morgan fingerprint density at radius 2 is 2.23 bits per heavy atom. The minimum Gasteiger partial charge on any atom is -0.449 e. The fourth-order valence-corrected chi connectivity index (χ4v) is 1.25. The molecule has 0 spiro atoms. The van der Waals surface area contributed by atoms with E-state index < -0.39 is 30.6 Å². The zero-order valence-electron chi connectivity index (χ0n) is 6.60. The second kappa shape index (κ2) is 3.29. The third-order valence-electron chi connectivity index (χ3n) is 1.77. The standard InChI is InChI=1S/C8H7F3O2/c1-2-6-5(3-7(12)13-6)4-8(9,10)11/h1,5-6H,3-4H2. The van der Waals surface area contributed by atoms with Crippen LogP contribution in [0.4, 0.5) is 13.2 Å². The van der Waals surface area contributed by atoms with Gasteiger partial charge < -0.3 is 4.74 Å². The van der Waals surface area contributed by atoms with Crippen LogP contribution >= 0.6 is 0 Å². The molecule has 5 heteroatoms. The Bertz CT molecular complexity index is 251. The van der Waals surface area contributed by atoms with Crippen molar-refractivity contribution >= 4 is 5.97 Å². The minimum atomic E-state index is -4.30. The Labute approximate surface area is 73.1 Å². The van der Waals surface area contributed by atoms with Gasteiger partial charge in [0, 0.05) is 5.92 Å². The first-order valence-electron chi connectivity index (χ1n) is 3.65. The highest BCUT2D eigenvalue weighted by molar-refractivity contribution is 5.72. The van der Waals surface area contributed by atoms with Gasteiger partial charge in [-0.1, -0.05) is 5.92 Å². The van der Waals surface area contributed by atoms with Crippen LogP contribution in [-0.2, 0) is 9.53 Å². The van der Waals surface area contributed by atoms with E-state index in [0.717, 1.165) is 0 Å². The molecule has 0 aromatic rings. The Morgan fingerprint density at radius 1 is 1.62 bits per heavy atom. The number of rotatable bonds is 1. The number of terminal acetylenes is 1. The number of hydrogen-bond donors (Lipinski definition) is 0. The summed E-state index contributed by atoms with van der Waals surface area (Å²) in [6.45, 7) is 0. The average molecular weight is 192 g/mol.